The van der Waals surface area contributed by atoms with Crippen LogP contribution in [0.1, 0.15) is 43.4 Å². The fraction of sp³-hybridized carbons (Fsp3) is 0.625. The van der Waals surface area contributed by atoms with Crippen molar-refractivity contribution in [2.45, 2.75) is 44.8 Å². The van der Waals surface area contributed by atoms with Gasteiger partial charge >= 0.3 is 0 Å². The number of aliphatic hydroxyl groups excluding tert-OH is 1. The van der Waals surface area contributed by atoms with Crippen LogP contribution in [0.4, 0.5) is 0 Å². The van der Waals surface area contributed by atoms with E-state index in [2.05, 4.69) is 13.0 Å². The van der Waals surface area contributed by atoms with Crippen molar-refractivity contribution in [1.29, 1.82) is 0 Å². The number of aliphatic hydroxyl groups is 1. The van der Waals surface area contributed by atoms with E-state index >= 15 is 0 Å². The monoisotopic (exact) mass is 264 g/mol. The Balaban J connectivity index is 1.74. The Bertz CT molecular complexity index is 378. The minimum atomic E-state index is -0.499. The molecule has 1 aromatic rings. The molecule has 0 aromatic heterocycles. The molecule has 1 aromatic carbocycles. The van der Waals surface area contributed by atoms with Gasteiger partial charge in [0.05, 0.1) is 19.3 Å². The fourth-order valence-electron chi connectivity index (χ4n) is 2.49. The van der Waals surface area contributed by atoms with Crippen molar-refractivity contribution >= 4 is 0 Å². The number of hydrogen-bond acceptors (Lipinski definition) is 3. The molecule has 19 heavy (non-hydrogen) atoms. The molecule has 3 heteroatoms. The largest absolute Gasteiger partial charge is 0.386 e. The molecule has 0 radical (unpaired) electrons. The SMILES string of the molecule is CCCCOCCOC1CCc2ccccc2C1O. The Morgan fingerprint density at radius 1 is 1.21 bits per heavy atom. The molecule has 0 fully saturated rings. The van der Waals surface area contributed by atoms with Gasteiger partial charge in [0.25, 0.3) is 0 Å². The molecule has 0 spiro atoms. The van der Waals surface area contributed by atoms with Crippen molar-refractivity contribution in [2.75, 3.05) is 19.8 Å². The maximum atomic E-state index is 10.3. The lowest BCUT2D eigenvalue weighted by Gasteiger charge is -2.30. The van der Waals surface area contributed by atoms with Crippen LogP contribution >= 0.6 is 0 Å². The number of unbranched alkanes of at least 4 members (excludes halogenated alkanes) is 1. The lowest BCUT2D eigenvalue weighted by atomic mass is 9.87. The van der Waals surface area contributed by atoms with Crippen LogP contribution in [0, 0.1) is 0 Å². The molecule has 0 saturated heterocycles. The first kappa shape index (κ1) is 14.5. The van der Waals surface area contributed by atoms with E-state index < -0.39 is 6.10 Å². The fourth-order valence-corrected chi connectivity index (χ4v) is 2.49. The van der Waals surface area contributed by atoms with E-state index in [1.807, 2.05) is 18.2 Å². The van der Waals surface area contributed by atoms with Crippen molar-refractivity contribution < 1.29 is 14.6 Å². The zero-order chi connectivity index (χ0) is 13.5. The first-order valence-corrected chi connectivity index (χ1v) is 7.28. The van der Waals surface area contributed by atoms with Crippen LogP contribution in [0.3, 0.4) is 0 Å². The van der Waals surface area contributed by atoms with Gasteiger partial charge in [-0.15, -0.1) is 0 Å². The number of hydrogen-bond donors (Lipinski definition) is 1. The van der Waals surface area contributed by atoms with Gasteiger partial charge < -0.3 is 14.6 Å². The Kier molecular flexibility index (Phi) is 5.83. The van der Waals surface area contributed by atoms with Crippen molar-refractivity contribution in [3.05, 3.63) is 35.4 Å². The van der Waals surface area contributed by atoms with Gasteiger partial charge in [0.1, 0.15) is 6.10 Å². The molecular formula is C16H24O3. The van der Waals surface area contributed by atoms with Crippen molar-refractivity contribution in [3.8, 4) is 0 Å². The van der Waals surface area contributed by atoms with Crippen LogP contribution in [-0.2, 0) is 15.9 Å². The summed E-state index contributed by atoms with van der Waals surface area (Å²) in [5, 5.41) is 10.3. The molecule has 3 nitrogen and oxygen atoms in total. The molecular weight excluding hydrogens is 240 g/mol. The van der Waals surface area contributed by atoms with Crippen LogP contribution in [-0.4, -0.2) is 31.0 Å². The Morgan fingerprint density at radius 2 is 2.05 bits per heavy atom. The third kappa shape index (κ3) is 4.03. The van der Waals surface area contributed by atoms with Gasteiger partial charge in [-0.2, -0.15) is 0 Å². The number of fused-ring (bicyclic) bond motifs is 1. The molecule has 0 saturated carbocycles. The van der Waals surface area contributed by atoms with Crippen molar-refractivity contribution in [2.24, 2.45) is 0 Å². The summed E-state index contributed by atoms with van der Waals surface area (Å²) >= 11 is 0. The van der Waals surface area contributed by atoms with Gasteiger partial charge in [-0.25, -0.2) is 0 Å². The normalized spacial score (nSPS) is 22.2. The highest BCUT2D eigenvalue weighted by atomic mass is 16.5. The standard InChI is InChI=1S/C16H24O3/c1-2-3-10-18-11-12-19-15-9-8-13-6-4-5-7-14(13)16(15)17/h4-7,15-17H,2-3,8-12H2,1H3. The predicted octanol–water partition coefficient (Wildman–Crippen LogP) is 2.87. The highest BCUT2D eigenvalue weighted by Gasteiger charge is 2.27. The molecule has 2 rings (SSSR count). The molecule has 106 valence electrons. The first-order chi connectivity index (χ1) is 9.33. The molecule has 0 heterocycles. The summed E-state index contributed by atoms with van der Waals surface area (Å²) in [4.78, 5) is 0. The molecule has 1 aliphatic rings. The highest BCUT2D eigenvalue weighted by Crippen LogP contribution is 2.31. The van der Waals surface area contributed by atoms with E-state index in [0.29, 0.717) is 13.2 Å². The molecule has 0 amide bonds. The summed E-state index contributed by atoms with van der Waals surface area (Å²) in [6, 6.07) is 8.07. The Labute approximate surface area is 115 Å². The second-order valence-corrected chi connectivity index (χ2v) is 5.06. The van der Waals surface area contributed by atoms with E-state index in [0.717, 1.165) is 37.9 Å². The zero-order valence-electron chi connectivity index (χ0n) is 11.7. The number of ether oxygens (including phenoxy) is 2. The number of benzene rings is 1. The summed E-state index contributed by atoms with van der Waals surface area (Å²) in [5.41, 5.74) is 2.26. The second-order valence-electron chi connectivity index (χ2n) is 5.06. The van der Waals surface area contributed by atoms with E-state index in [1.165, 1.54) is 5.56 Å². The van der Waals surface area contributed by atoms with Gasteiger partial charge in [-0.3, -0.25) is 0 Å². The van der Waals surface area contributed by atoms with Crippen molar-refractivity contribution in [3.63, 3.8) is 0 Å². The van der Waals surface area contributed by atoms with E-state index in [-0.39, 0.29) is 6.10 Å². The molecule has 1 aliphatic carbocycles. The van der Waals surface area contributed by atoms with Gasteiger partial charge in [-0.1, -0.05) is 37.6 Å². The molecule has 0 bridgehead atoms. The molecule has 2 atom stereocenters. The summed E-state index contributed by atoms with van der Waals surface area (Å²) in [7, 11) is 0. The van der Waals surface area contributed by atoms with Gasteiger partial charge in [0.15, 0.2) is 0 Å². The van der Waals surface area contributed by atoms with Crippen LogP contribution in [0.25, 0.3) is 0 Å². The van der Waals surface area contributed by atoms with Gasteiger partial charge in [0.2, 0.25) is 0 Å². The first-order valence-electron chi connectivity index (χ1n) is 7.28. The van der Waals surface area contributed by atoms with Gasteiger partial charge in [0, 0.05) is 6.61 Å². The molecule has 0 aliphatic heterocycles. The topological polar surface area (TPSA) is 38.7 Å². The molecule has 1 N–H and O–H groups in total. The molecule has 2 unspecified atom stereocenters. The van der Waals surface area contributed by atoms with E-state index in [9.17, 15) is 5.11 Å². The zero-order valence-corrected chi connectivity index (χ0v) is 11.7. The quantitative estimate of drug-likeness (QED) is 0.770. The third-order valence-corrected chi connectivity index (χ3v) is 3.63. The summed E-state index contributed by atoms with van der Waals surface area (Å²) in [5.74, 6) is 0. The minimum Gasteiger partial charge on any atom is -0.386 e. The maximum Gasteiger partial charge on any atom is 0.105 e. The maximum absolute atomic E-state index is 10.3. The Morgan fingerprint density at radius 3 is 2.89 bits per heavy atom. The average molecular weight is 264 g/mol. The minimum absolute atomic E-state index is 0.0929. The summed E-state index contributed by atoms with van der Waals surface area (Å²) < 4.78 is 11.2. The van der Waals surface area contributed by atoms with Crippen LogP contribution in [0.2, 0.25) is 0 Å². The summed E-state index contributed by atoms with van der Waals surface area (Å²) in [6.07, 6.45) is 3.52. The van der Waals surface area contributed by atoms with Crippen LogP contribution < -0.4 is 0 Å². The second kappa shape index (κ2) is 7.63. The lowest BCUT2D eigenvalue weighted by Crippen LogP contribution is -2.29. The van der Waals surface area contributed by atoms with Crippen LogP contribution in [0.15, 0.2) is 24.3 Å². The van der Waals surface area contributed by atoms with E-state index in [1.54, 1.807) is 0 Å². The third-order valence-electron chi connectivity index (χ3n) is 3.63. The predicted molar refractivity (Wildman–Crippen MR) is 75.2 cm³/mol. The van der Waals surface area contributed by atoms with Gasteiger partial charge in [-0.05, 0) is 30.4 Å². The Hall–Kier alpha value is -0.900. The highest BCUT2D eigenvalue weighted by molar-refractivity contribution is 5.32. The average Bonchev–Trinajstić information content (AvgIpc) is 2.45. The van der Waals surface area contributed by atoms with Crippen LogP contribution in [0.5, 0.6) is 0 Å². The van der Waals surface area contributed by atoms with E-state index in [4.69, 9.17) is 9.47 Å². The number of aryl methyl sites for hydroxylation is 1. The summed E-state index contributed by atoms with van der Waals surface area (Å²) in [6.45, 7) is 4.13. The lowest BCUT2D eigenvalue weighted by molar-refractivity contribution is -0.0653. The van der Waals surface area contributed by atoms with Crippen molar-refractivity contribution in [1.82, 2.24) is 0 Å². The smallest absolute Gasteiger partial charge is 0.105 e. The number of rotatable bonds is 7.